The third kappa shape index (κ3) is 4.46. The van der Waals surface area contributed by atoms with Crippen molar-refractivity contribution < 1.29 is 14.6 Å². The predicted molar refractivity (Wildman–Crippen MR) is 57.7 cm³/mol. The first-order valence-electron chi connectivity index (χ1n) is 4.79. The molecule has 0 aliphatic carbocycles. The predicted octanol–water partition coefficient (Wildman–Crippen LogP) is 1.79. The zero-order chi connectivity index (χ0) is 11.1. The van der Waals surface area contributed by atoms with Crippen LogP contribution < -0.4 is 5.32 Å². The maximum Gasteiger partial charge on any atom is 0.308 e. The van der Waals surface area contributed by atoms with E-state index in [-0.39, 0.29) is 6.61 Å². The summed E-state index contributed by atoms with van der Waals surface area (Å²) in [6.45, 7) is 2.15. The Hall–Kier alpha value is -1.55. The number of carbonyl (C=O) groups is 1. The van der Waals surface area contributed by atoms with Crippen molar-refractivity contribution in [2.24, 2.45) is 5.92 Å². The highest BCUT2D eigenvalue weighted by molar-refractivity contribution is 5.69. The molecule has 0 aliphatic heterocycles. The van der Waals surface area contributed by atoms with Gasteiger partial charge in [0.05, 0.1) is 12.5 Å². The molecule has 0 unspecified atom stereocenters. The Balaban J connectivity index is 2.15. The van der Waals surface area contributed by atoms with Crippen LogP contribution in [0.2, 0.25) is 0 Å². The van der Waals surface area contributed by atoms with Crippen molar-refractivity contribution >= 4 is 11.7 Å². The monoisotopic (exact) mass is 209 g/mol. The number of aliphatic carboxylic acids is 1. The number of hydrogen-bond acceptors (Lipinski definition) is 3. The van der Waals surface area contributed by atoms with Gasteiger partial charge in [-0.05, 0) is 19.1 Å². The van der Waals surface area contributed by atoms with Crippen molar-refractivity contribution in [3.8, 4) is 0 Å². The summed E-state index contributed by atoms with van der Waals surface area (Å²) in [6.07, 6.45) is 0. The van der Waals surface area contributed by atoms with Gasteiger partial charge in [-0.25, -0.2) is 0 Å². The number of hydrogen-bond donors (Lipinski definition) is 2. The molecule has 0 amide bonds. The van der Waals surface area contributed by atoms with Crippen LogP contribution in [0.25, 0.3) is 0 Å². The Kier molecular flexibility index (Phi) is 4.63. The van der Waals surface area contributed by atoms with Gasteiger partial charge in [0, 0.05) is 5.69 Å². The molecule has 0 saturated heterocycles. The van der Waals surface area contributed by atoms with E-state index >= 15 is 0 Å². The van der Waals surface area contributed by atoms with Crippen molar-refractivity contribution in [1.29, 1.82) is 0 Å². The standard InChI is InChI=1S/C11H15NO3/c1-9(11(13)14)7-15-8-12-10-5-3-2-4-6-10/h2-6,9,12H,7-8H2,1H3,(H,13,14)/t9-/m0/s1. The summed E-state index contributed by atoms with van der Waals surface area (Å²) in [5.74, 6) is -1.31. The fraction of sp³-hybridized carbons (Fsp3) is 0.364. The van der Waals surface area contributed by atoms with Gasteiger partial charge in [-0.1, -0.05) is 18.2 Å². The second-order valence-corrected chi connectivity index (χ2v) is 3.30. The van der Waals surface area contributed by atoms with Crippen LogP contribution in [0.4, 0.5) is 5.69 Å². The third-order valence-electron chi connectivity index (χ3n) is 1.94. The highest BCUT2D eigenvalue weighted by atomic mass is 16.5. The first kappa shape index (κ1) is 11.5. The Labute approximate surface area is 88.9 Å². The average Bonchev–Trinajstić information content (AvgIpc) is 2.25. The molecule has 0 radical (unpaired) electrons. The molecule has 1 aromatic rings. The van der Waals surface area contributed by atoms with Crippen LogP contribution in [-0.2, 0) is 9.53 Å². The molecule has 0 aromatic heterocycles. The minimum Gasteiger partial charge on any atom is -0.481 e. The van der Waals surface area contributed by atoms with E-state index in [1.54, 1.807) is 6.92 Å². The molecule has 2 N–H and O–H groups in total. The van der Waals surface area contributed by atoms with E-state index in [1.165, 1.54) is 0 Å². The first-order valence-corrected chi connectivity index (χ1v) is 4.79. The number of benzene rings is 1. The van der Waals surface area contributed by atoms with E-state index in [0.717, 1.165) is 5.69 Å². The normalized spacial score (nSPS) is 12.1. The van der Waals surface area contributed by atoms with Gasteiger partial charge in [-0.15, -0.1) is 0 Å². The van der Waals surface area contributed by atoms with Gasteiger partial charge in [0.25, 0.3) is 0 Å². The molecule has 15 heavy (non-hydrogen) atoms. The van der Waals surface area contributed by atoms with Crippen LogP contribution in [0.3, 0.4) is 0 Å². The molecular formula is C11H15NO3. The molecule has 0 heterocycles. The van der Waals surface area contributed by atoms with E-state index in [4.69, 9.17) is 9.84 Å². The summed E-state index contributed by atoms with van der Waals surface area (Å²) in [7, 11) is 0. The first-order chi connectivity index (χ1) is 7.20. The molecule has 0 bridgehead atoms. The van der Waals surface area contributed by atoms with Crippen LogP contribution in [0.15, 0.2) is 30.3 Å². The van der Waals surface area contributed by atoms with Gasteiger partial charge in [0.1, 0.15) is 6.73 Å². The van der Waals surface area contributed by atoms with Gasteiger partial charge in [0.2, 0.25) is 0 Å². The Morgan fingerprint density at radius 2 is 2.13 bits per heavy atom. The van der Waals surface area contributed by atoms with Crippen molar-refractivity contribution in [2.45, 2.75) is 6.92 Å². The van der Waals surface area contributed by atoms with Crippen LogP contribution in [0, 0.1) is 5.92 Å². The van der Waals surface area contributed by atoms with E-state index in [0.29, 0.717) is 6.73 Å². The van der Waals surface area contributed by atoms with Gasteiger partial charge >= 0.3 is 5.97 Å². The van der Waals surface area contributed by atoms with Gasteiger partial charge in [-0.2, -0.15) is 0 Å². The maximum atomic E-state index is 10.5. The van der Waals surface area contributed by atoms with E-state index < -0.39 is 11.9 Å². The second-order valence-electron chi connectivity index (χ2n) is 3.30. The van der Waals surface area contributed by atoms with Crippen molar-refractivity contribution in [3.63, 3.8) is 0 Å². The zero-order valence-electron chi connectivity index (χ0n) is 8.64. The molecule has 4 nitrogen and oxygen atoms in total. The van der Waals surface area contributed by atoms with Crippen LogP contribution in [0.5, 0.6) is 0 Å². The minimum atomic E-state index is -0.838. The lowest BCUT2D eigenvalue weighted by Crippen LogP contribution is -2.18. The molecule has 0 fully saturated rings. The van der Waals surface area contributed by atoms with E-state index in [9.17, 15) is 4.79 Å². The Morgan fingerprint density at radius 3 is 2.73 bits per heavy atom. The van der Waals surface area contributed by atoms with Crippen molar-refractivity contribution in [1.82, 2.24) is 0 Å². The molecule has 0 saturated carbocycles. The number of rotatable bonds is 6. The molecular weight excluding hydrogens is 194 g/mol. The fourth-order valence-corrected chi connectivity index (χ4v) is 0.997. The molecule has 4 heteroatoms. The topological polar surface area (TPSA) is 58.6 Å². The number of ether oxygens (including phenoxy) is 1. The molecule has 0 spiro atoms. The Bertz CT molecular complexity index is 300. The largest absolute Gasteiger partial charge is 0.481 e. The summed E-state index contributed by atoms with van der Waals surface area (Å²) >= 11 is 0. The molecule has 1 atom stereocenters. The smallest absolute Gasteiger partial charge is 0.308 e. The van der Waals surface area contributed by atoms with E-state index in [1.807, 2.05) is 30.3 Å². The van der Waals surface area contributed by atoms with Gasteiger partial charge in [-0.3, -0.25) is 4.79 Å². The van der Waals surface area contributed by atoms with E-state index in [2.05, 4.69) is 5.32 Å². The summed E-state index contributed by atoms with van der Waals surface area (Å²) < 4.78 is 5.17. The van der Waals surface area contributed by atoms with Crippen molar-refractivity contribution in [2.75, 3.05) is 18.7 Å². The maximum absolute atomic E-state index is 10.5. The SMILES string of the molecule is C[C@@H](COCNc1ccccc1)C(=O)O. The number of carboxylic acid groups (broad SMARTS) is 1. The highest BCUT2D eigenvalue weighted by Crippen LogP contribution is 2.04. The Morgan fingerprint density at radius 1 is 1.47 bits per heavy atom. The third-order valence-corrected chi connectivity index (χ3v) is 1.94. The lowest BCUT2D eigenvalue weighted by atomic mass is 10.2. The van der Waals surface area contributed by atoms with Crippen LogP contribution in [-0.4, -0.2) is 24.4 Å². The van der Waals surface area contributed by atoms with Crippen LogP contribution in [0.1, 0.15) is 6.92 Å². The zero-order valence-corrected chi connectivity index (χ0v) is 8.64. The highest BCUT2D eigenvalue weighted by Gasteiger charge is 2.09. The number of nitrogens with one attached hydrogen (secondary N) is 1. The summed E-state index contributed by atoms with van der Waals surface area (Å²) in [5, 5.41) is 11.6. The fourth-order valence-electron chi connectivity index (χ4n) is 0.997. The minimum absolute atomic E-state index is 0.217. The second kappa shape index (κ2) is 6.03. The summed E-state index contributed by atoms with van der Waals surface area (Å²) in [5.41, 5.74) is 0.959. The number of anilines is 1. The molecule has 1 aromatic carbocycles. The quantitative estimate of drug-likeness (QED) is 0.554. The average molecular weight is 209 g/mol. The number of para-hydroxylation sites is 1. The summed E-state index contributed by atoms with van der Waals surface area (Å²) in [4.78, 5) is 10.5. The lowest BCUT2D eigenvalue weighted by Gasteiger charge is -2.09. The van der Waals surface area contributed by atoms with Gasteiger partial charge < -0.3 is 15.2 Å². The number of carboxylic acids is 1. The van der Waals surface area contributed by atoms with Gasteiger partial charge in [0.15, 0.2) is 0 Å². The summed E-state index contributed by atoms with van der Waals surface area (Å²) in [6, 6.07) is 9.61. The van der Waals surface area contributed by atoms with Crippen LogP contribution >= 0.6 is 0 Å². The molecule has 0 aliphatic rings. The molecule has 1 rings (SSSR count). The molecule has 82 valence electrons. The van der Waals surface area contributed by atoms with Crippen molar-refractivity contribution in [3.05, 3.63) is 30.3 Å². The lowest BCUT2D eigenvalue weighted by molar-refractivity contribution is -0.143.